The summed E-state index contributed by atoms with van der Waals surface area (Å²) in [6.45, 7) is 3.91. The van der Waals surface area contributed by atoms with E-state index in [2.05, 4.69) is 0 Å². The van der Waals surface area contributed by atoms with Crippen LogP contribution in [-0.4, -0.2) is 11.9 Å². The number of carbonyl (C=O) groups excluding carboxylic acids is 1. The van der Waals surface area contributed by atoms with Crippen LogP contribution < -0.4 is 10.5 Å². The Morgan fingerprint density at radius 2 is 1.86 bits per heavy atom. The number of ketones is 1. The lowest BCUT2D eigenvalue weighted by Gasteiger charge is -2.09. The van der Waals surface area contributed by atoms with Gasteiger partial charge in [0.25, 0.3) is 0 Å². The normalized spacial score (nSPS) is 11.0. The number of nitrogens with two attached hydrogens (primary N) is 1. The number of allylic oxidation sites excluding steroid dienone is 1. The average Bonchev–Trinajstić information content (AvgIpc) is 2.46. The van der Waals surface area contributed by atoms with Crippen LogP contribution in [0.25, 0.3) is 6.08 Å². The molecule has 0 aliphatic carbocycles. The number of carbonyl (C=O) groups is 1. The smallest absolute Gasteiger partial charge is 0.185 e. The number of rotatable bonds is 5. The molecular weight excluding hydrogens is 262 g/mol. The van der Waals surface area contributed by atoms with Crippen LogP contribution in [0.4, 0.5) is 5.69 Å². The lowest BCUT2D eigenvalue weighted by Crippen LogP contribution is -2.06. The minimum atomic E-state index is -0.0546. The predicted octanol–water partition coefficient (Wildman–Crippen LogP) is 3.95. The summed E-state index contributed by atoms with van der Waals surface area (Å²) < 4.78 is 5.59. The number of hydrogen-bond donors (Lipinski definition) is 1. The largest absolute Gasteiger partial charge is 0.491 e. The first-order chi connectivity index (χ1) is 10.0. The highest BCUT2D eigenvalue weighted by molar-refractivity contribution is 6.07. The number of benzene rings is 2. The van der Waals surface area contributed by atoms with E-state index in [4.69, 9.17) is 10.5 Å². The number of ether oxygens (including phenoxy) is 1. The van der Waals surface area contributed by atoms with Crippen molar-refractivity contribution in [2.45, 2.75) is 20.0 Å². The van der Waals surface area contributed by atoms with Crippen molar-refractivity contribution in [3.63, 3.8) is 0 Å². The summed E-state index contributed by atoms with van der Waals surface area (Å²) in [5.74, 6) is 0.651. The number of hydrogen-bond acceptors (Lipinski definition) is 3. The third kappa shape index (κ3) is 4.49. The molecule has 21 heavy (non-hydrogen) atoms. The van der Waals surface area contributed by atoms with Crippen molar-refractivity contribution in [2.75, 3.05) is 5.73 Å². The van der Waals surface area contributed by atoms with E-state index in [-0.39, 0.29) is 11.9 Å². The molecular formula is C18H19NO2. The van der Waals surface area contributed by atoms with Crippen molar-refractivity contribution < 1.29 is 9.53 Å². The zero-order valence-electron chi connectivity index (χ0n) is 12.2. The summed E-state index contributed by atoms with van der Waals surface area (Å²) in [6, 6.07) is 14.6. The Hall–Kier alpha value is -2.55. The van der Waals surface area contributed by atoms with Crippen molar-refractivity contribution >= 4 is 17.5 Å². The summed E-state index contributed by atoms with van der Waals surface area (Å²) in [5.41, 5.74) is 7.88. The zero-order valence-corrected chi connectivity index (χ0v) is 12.2. The fourth-order valence-electron chi connectivity index (χ4n) is 1.87. The van der Waals surface area contributed by atoms with Gasteiger partial charge in [0.05, 0.1) is 6.10 Å². The van der Waals surface area contributed by atoms with Gasteiger partial charge in [0, 0.05) is 11.3 Å². The molecule has 2 rings (SSSR count). The molecule has 2 aromatic rings. The second kappa shape index (κ2) is 6.75. The van der Waals surface area contributed by atoms with Crippen LogP contribution in [0.2, 0.25) is 0 Å². The van der Waals surface area contributed by atoms with E-state index in [1.54, 1.807) is 36.4 Å². The van der Waals surface area contributed by atoms with Crippen LogP contribution in [0.15, 0.2) is 54.6 Å². The molecule has 0 aromatic heterocycles. The fourth-order valence-corrected chi connectivity index (χ4v) is 1.87. The summed E-state index contributed by atoms with van der Waals surface area (Å²) in [6.07, 6.45) is 3.42. The first-order valence-corrected chi connectivity index (χ1v) is 6.89. The molecule has 108 valence electrons. The van der Waals surface area contributed by atoms with E-state index in [1.165, 1.54) is 0 Å². The van der Waals surface area contributed by atoms with Crippen molar-refractivity contribution in [1.29, 1.82) is 0 Å². The Morgan fingerprint density at radius 1 is 1.14 bits per heavy atom. The average molecular weight is 281 g/mol. The lowest BCUT2D eigenvalue weighted by molar-refractivity contribution is 0.104. The van der Waals surface area contributed by atoms with Gasteiger partial charge >= 0.3 is 0 Å². The zero-order chi connectivity index (χ0) is 15.2. The molecule has 0 saturated heterocycles. The van der Waals surface area contributed by atoms with Gasteiger partial charge in [-0.3, -0.25) is 4.79 Å². The fraction of sp³-hybridized carbons (Fsp3) is 0.167. The molecule has 0 unspecified atom stereocenters. The second-order valence-electron chi connectivity index (χ2n) is 5.06. The number of anilines is 1. The molecule has 3 heteroatoms. The van der Waals surface area contributed by atoms with Gasteiger partial charge < -0.3 is 10.5 Å². The second-order valence-corrected chi connectivity index (χ2v) is 5.06. The maximum Gasteiger partial charge on any atom is 0.185 e. The van der Waals surface area contributed by atoms with Crippen molar-refractivity contribution in [3.8, 4) is 5.75 Å². The Bertz CT molecular complexity index is 643. The Kier molecular flexibility index (Phi) is 4.77. The van der Waals surface area contributed by atoms with Crippen LogP contribution >= 0.6 is 0 Å². The van der Waals surface area contributed by atoms with Crippen LogP contribution in [0.5, 0.6) is 5.75 Å². The molecule has 3 nitrogen and oxygen atoms in total. The maximum atomic E-state index is 12.2. The quantitative estimate of drug-likeness (QED) is 0.513. The molecule has 0 saturated carbocycles. The lowest BCUT2D eigenvalue weighted by atomic mass is 10.1. The monoisotopic (exact) mass is 281 g/mol. The van der Waals surface area contributed by atoms with Gasteiger partial charge in [-0.15, -0.1) is 0 Å². The molecule has 0 spiro atoms. The predicted molar refractivity (Wildman–Crippen MR) is 86.4 cm³/mol. The van der Waals surface area contributed by atoms with Gasteiger partial charge in [0.15, 0.2) is 5.78 Å². The first-order valence-electron chi connectivity index (χ1n) is 6.89. The molecule has 0 amide bonds. The van der Waals surface area contributed by atoms with Crippen LogP contribution in [0.3, 0.4) is 0 Å². The molecule has 0 bridgehead atoms. The summed E-state index contributed by atoms with van der Waals surface area (Å²) in [7, 11) is 0. The Labute approximate surface area is 125 Å². The van der Waals surface area contributed by atoms with Crippen molar-refractivity contribution in [3.05, 3.63) is 65.7 Å². The van der Waals surface area contributed by atoms with E-state index in [0.717, 1.165) is 5.56 Å². The summed E-state index contributed by atoms with van der Waals surface area (Å²) in [5, 5.41) is 0. The SMILES string of the molecule is CC(C)Oc1cccc(C(=O)/C=C/c2ccc(N)cc2)c1. The van der Waals surface area contributed by atoms with Crippen LogP contribution in [0, 0.1) is 0 Å². The molecule has 0 fully saturated rings. The van der Waals surface area contributed by atoms with E-state index in [1.807, 2.05) is 38.1 Å². The highest BCUT2D eigenvalue weighted by atomic mass is 16.5. The molecule has 0 heterocycles. The van der Waals surface area contributed by atoms with E-state index in [0.29, 0.717) is 17.0 Å². The molecule has 2 N–H and O–H groups in total. The van der Waals surface area contributed by atoms with Gasteiger partial charge in [-0.25, -0.2) is 0 Å². The number of nitrogen functional groups attached to an aromatic ring is 1. The molecule has 0 radical (unpaired) electrons. The molecule has 0 aliphatic rings. The van der Waals surface area contributed by atoms with Gasteiger partial charge in [-0.05, 0) is 49.8 Å². The van der Waals surface area contributed by atoms with Gasteiger partial charge in [0.2, 0.25) is 0 Å². The standard InChI is InChI=1S/C18H19NO2/c1-13(2)21-17-5-3-4-15(12-17)18(20)11-8-14-6-9-16(19)10-7-14/h3-13H,19H2,1-2H3/b11-8+. The first kappa shape index (κ1) is 14.9. The summed E-state index contributed by atoms with van der Waals surface area (Å²) >= 11 is 0. The molecule has 0 atom stereocenters. The van der Waals surface area contributed by atoms with Crippen LogP contribution in [-0.2, 0) is 0 Å². The van der Waals surface area contributed by atoms with Crippen LogP contribution in [0.1, 0.15) is 29.8 Å². The van der Waals surface area contributed by atoms with Gasteiger partial charge in [-0.2, -0.15) is 0 Å². The highest BCUT2D eigenvalue weighted by Gasteiger charge is 2.04. The third-order valence-electron chi connectivity index (χ3n) is 2.85. The van der Waals surface area contributed by atoms with E-state index >= 15 is 0 Å². The van der Waals surface area contributed by atoms with Crippen molar-refractivity contribution in [1.82, 2.24) is 0 Å². The maximum absolute atomic E-state index is 12.2. The van der Waals surface area contributed by atoms with Gasteiger partial charge in [0.1, 0.15) is 5.75 Å². The minimum Gasteiger partial charge on any atom is -0.491 e. The minimum absolute atomic E-state index is 0.0546. The van der Waals surface area contributed by atoms with E-state index in [9.17, 15) is 4.79 Å². The topological polar surface area (TPSA) is 52.3 Å². The van der Waals surface area contributed by atoms with E-state index < -0.39 is 0 Å². The third-order valence-corrected chi connectivity index (χ3v) is 2.85. The highest BCUT2D eigenvalue weighted by Crippen LogP contribution is 2.16. The Balaban J connectivity index is 2.11. The van der Waals surface area contributed by atoms with Gasteiger partial charge in [-0.1, -0.05) is 30.3 Å². The summed E-state index contributed by atoms with van der Waals surface area (Å²) in [4.78, 5) is 12.2. The Morgan fingerprint density at radius 3 is 2.52 bits per heavy atom. The molecule has 2 aromatic carbocycles. The van der Waals surface area contributed by atoms with Crippen molar-refractivity contribution in [2.24, 2.45) is 0 Å². The molecule has 0 aliphatic heterocycles.